The van der Waals surface area contributed by atoms with Crippen molar-refractivity contribution < 1.29 is 45.5 Å². The molecule has 2 aromatic heterocycles. The van der Waals surface area contributed by atoms with Crippen LogP contribution in [0.25, 0.3) is 0 Å². The first kappa shape index (κ1) is 38.7. The normalized spacial score (nSPS) is 14.5. The number of nitrogens with zero attached hydrogens (tertiary/aromatic N) is 4. The summed E-state index contributed by atoms with van der Waals surface area (Å²) in [7, 11) is 0. The van der Waals surface area contributed by atoms with Crippen molar-refractivity contribution in [2.24, 2.45) is 5.92 Å². The smallest absolute Gasteiger partial charge is 0.339 e. The molecule has 2 aliphatic heterocycles. The lowest BCUT2D eigenvalue weighted by Gasteiger charge is -2.31. The van der Waals surface area contributed by atoms with Crippen LogP contribution < -0.4 is 16.0 Å². The Morgan fingerprint density at radius 1 is 0.906 bits per heavy atom. The van der Waals surface area contributed by atoms with Crippen molar-refractivity contribution in [3.05, 3.63) is 82.3 Å². The molecule has 0 spiro atoms. The summed E-state index contributed by atoms with van der Waals surface area (Å²) in [6.45, 7) is 3.12. The van der Waals surface area contributed by atoms with Gasteiger partial charge >= 0.3 is 23.9 Å². The molecule has 19 heteroatoms. The molecule has 12 nitrogen and oxygen atoms in total. The molecular formula is C34H31ClF6N8O4. The zero-order valence-electron chi connectivity index (χ0n) is 27.8. The van der Waals surface area contributed by atoms with E-state index >= 15 is 0 Å². The van der Waals surface area contributed by atoms with Crippen molar-refractivity contribution >= 4 is 63.8 Å². The minimum absolute atomic E-state index is 0.0211. The van der Waals surface area contributed by atoms with Crippen LogP contribution in [0.3, 0.4) is 0 Å². The Hall–Kier alpha value is -5.52. The molecule has 4 N–H and O–H groups in total. The Bertz CT molecular complexity index is 1990. The third-order valence-corrected chi connectivity index (χ3v) is 8.55. The average molecular weight is 765 g/mol. The largest absolute Gasteiger partial charge is 0.458 e. The number of carbonyl (C=O) groups is 4. The maximum atomic E-state index is 13.2. The molecule has 4 heterocycles. The highest BCUT2D eigenvalue weighted by molar-refractivity contribution is 6.41. The van der Waals surface area contributed by atoms with Gasteiger partial charge in [0.25, 0.3) is 5.91 Å². The molecule has 2 aliphatic rings. The molecule has 0 atom stereocenters. The number of fused-ring (bicyclic) bond motifs is 6. The number of hydrogen-bond acceptors (Lipinski definition) is 9. The highest BCUT2D eigenvalue weighted by atomic mass is 35.5. The number of ketones is 2. The Morgan fingerprint density at radius 3 is 2.23 bits per heavy atom. The third-order valence-electron chi connectivity index (χ3n) is 8.27. The molecule has 2 amide bonds. The van der Waals surface area contributed by atoms with Gasteiger partial charge in [0.2, 0.25) is 11.9 Å². The quantitative estimate of drug-likeness (QED) is 0.125. The van der Waals surface area contributed by atoms with Gasteiger partial charge < -0.3 is 20.9 Å². The van der Waals surface area contributed by atoms with Crippen LogP contribution in [0.15, 0.2) is 54.7 Å². The van der Waals surface area contributed by atoms with Crippen molar-refractivity contribution in [2.75, 3.05) is 29.0 Å². The fourth-order valence-electron chi connectivity index (χ4n) is 5.62. The van der Waals surface area contributed by atoms with Crippen LogP contribution in [0.4, 0.5) is 55.2 Å². The van der Waals surface area contributed by atoms with E-state index in [1.165, 1.54) is 0 Å². The number of hydrogen-bond donors (Lipinski definition) is 4. The highest BCUT2D eigenvalue weighted by Crippen LogP contribution is 2.30. The zero-order chi connectivity index (χ0) is 38.5. The Morgan fingerprint density at radius 2 is 1.58 bits per heavy atom. The number of likely N-dealkylation sites (tertiary alicyclic amines) is 1. The van der Waals surface area contributed by atoms with Crippen molar-refractivity contribution in [3.8, 4) is 0 Å². The van der Waals surface area contributed by atoms with E-state index in [0.29, 0.717) is 42.0 Å². The minimum atomic E-state index is -5.77. The lowest BCUT2D eigenvalue weighted by molar-refractivity contribution is -0.193. The molecule has 0 saturated carbocycles. The number of aryl methyl sites for hydroxylation is 3. The fraction of sp³-hybridized carbons (Fsp3) is 0.324. The van der Waals surface area contributed by atoms with Gasteiger partial charge in [-0.05, 0) is 86.1 Å². The number of nitrogens with one attached hydrogen (secondary N) is 4. The molecule has 1 fully saturated rings. The predicted octanol–water partition coefficient (Wildman–Crippen LogP) is 6.88. The van der Waals surface area contributed by atoms with E-state index in [1.54, 1.807) is 12.3 Å². The summed E-state index contributed by atoms with van der Waals surface area (Å²) >= 11 is 6.39. The lowest BCUT2D eigenvalue weighted by Crippen LogP contribution is -2.39. The molecular weight excluding hydrogens is 734 g/mol. The number of Topliss-reactive ketones (excluding diaryl/α,β-unsaturated/α-hetero) is 2. The van der Waals surface area contributed by atoms with Gasteiger partial charge in [-0.25, -0.2) is 4.98 Å². The first-order valence-electron chi connectivity index (χ1n) is 16.1. The molecule has 0 unspecified atom stereocenters. The van der Waals surface area contributed by atoms with Gasteiger partial charge in [-0.15, -0.1) is 0 Å². The average Bonchev–Trinajstić information content (AvgIpc) is 3.54. The molecule has 4 aromatic rings. The van der Waals surface area contributed by atoms with E-state index in [9.17, 15) is 45.5 Å². The van der Waals surface area contributed by atoms with Gasteiger partial charge in [0.1, 0.15) is 10.7 Å². The van der Waals surface area contributed by atoms with Crippen molar-refractivity contribution in [2.45, 2.75) is 51.4 Å². The van der Waals surface area contributed by atoms with Gasteiger partial charge in [0, 0.05) is 42.3 Å². The Labute approximate surface area is 302 Å². The number of aromatic amines is 1. The molecule has 280 valence electrons. The maximum absolute atomic E-state index is 13.2. The molecule has 1 saturated heterocycles. The molecule has 53 heavy (non-hydrogen) atoms. The van der Waals surface area contributed by atoms with Crippen LogP contribution in [-0.4, -0.2) is 73.9 Å². The van der Waals surface area contributed by atoms with Crippen molar-refractivity contribution in [3.63, 3.8) is 0 Å². The molecule has 0 aliphatic carbocycles. The summed E-state index contributed by atoms with van der Waals surface area (Å²) in [6, 6.07) is 15.8. The lowest BCUT2D eigenvalue weighted by atomic mass is 9.93. The standard InChI is InChI=1S/C30H31ClN8O2.C4F6O2/c1-18-13-26(38-37-18)29(41)39-11-9-20(10-12-39)15-27(40)35-25-8-7-23-16-21(25)6-5-19-3-2-4-22(14-19)34-30-32-17-24(31)28(33-23)36-30;5-3(6,7)1(11)2(12)4(8,9)10/h2-4,7-8,13-14,16-17,20H,5-6,9-12,15H2,1H3,(H,35,40)(H,37,38)(H2,32,33,34,36);. The first-order chi connectivity index (χ1) is 25.0. The summed E-state index contributed by atoms with van der Waals surface area (Å²) in [5.41, 5.74) is 5.98. The van der Waals surface area contributed by atoms with E-state index in [-0.39, 0.29) is 17.7 Å². The van der Waals surface area contributed by atoms with Crippen LogP contribution in [0.5, 0.6) is 0 Å². The van der Waals surface area contributed by atoms with Crippen LogP contribution in [0.2, 0.25) is 5.02 Å². The van der Waals surface area contributed by atoms with E-state index in [2.05, 4.69) is 48.2 Å². The van der Waals surface area contributed by atoms with Gasteiger partial charge in [0.15, 0.2) is 5.82 Å². The van der Waals surface area contributed by atoms with Crippen LogP contribution in [0.1, 0.15) is 46.6 Å². The number of amides is 2. The van der Waals surface area contributed by atoms with Crippen LogP contribution >= 0.6 is 11.6 Å². The van der Waals surface area contributed by atoms with E-state index in [0.717, 1.165) is 59.6 Å². The monoisotopic (exact) mass is 764 g/mol. The molecule has 6 rings (SSSR count). The topological polar surface area (TPSA) is 162 Å². The molecule has 2 aromatic carbocycles. The van der Waals surface area contributed by atoms with Crippen LogP contribution in [0, 0.1) is 12.8 Å². The van der Waals surface area contributed by atoms with Gasteiger partial charge in [-0.3, -0.25) is 24.3 Å². The van der Waals surface area contributed by atoms with Gasteiger partial charge in [-0.2, -0.15) is 36.4 Å². The maximum Gasteiger partial charge on any atom is 0.458 e. The second-order valence-electron chi connectivity index (χ2n) is 12.3. The fourth-order valence-corrected chi connectivity index (χ4v) is 5.75. The number of piperidine rings is 1. The van der Waals surface area contributed by atoms with Gasteiger partial charge in [0.05, 0.1) is 6.20 Å². The van der Waals surface area contributed by atoms with Crippen molar-refractivity contribution in [1.82, 2.24) is 25.1 Å². The number of anilines is 5. The summed E-state index contributed by atoms with van der Waals surface area (Å²) in [5.74, 6) is -5.74. The number of alkyl halides is 6. The van der Waals surface area contributed by atoms with Crippen LogP contribution in [-0.2, 0) is 27.2 Å². The number of aromatic nitrogens is 4. The Kier molecular flexibility index (Phi) is 11.7. The summed E-state index contributed by atoms with van der Waals surface area (Å²) in [4.78, 5) is 55.8. The molecule has 6 bridgehead atoms. The third kappa shape index (κ3) is 10.3. The highest BCUT2D eigenvalue weighted by Gasteiger charge is 2.54. The number of rotatable bonds is 5. The SMILES string of the molecule is Cc1cc(C(=O)N2CCC(CC(=O)Nc3ccc4cc3CCc3cccc(c3)Nc3ncc(Cl)c(n3)N4)CC2)n[nH]1.O=C(C(=O)C(F)(F)F)C(F)(F)F. The van der Waals surface area contributed by atoms with Gasteiger partial charge in [-0.1, -0.05) is 23.7 Å². The first-order valence-corrected chi connectivity index (χ1v) is 16.5. The number of benzene rings is 2. The summed E-state index contributed by atoms with van der Waals surface area (Å²) in [5, 5.41) is 17.0. The number of H-pyrrole nitrogens is 1. The number of halogens is 7. The van der Waals surface area contributed by atoms with E-state index in [1.807, 2.05) is 42.2 Å². The predicted molar refractivity (Wildman–Crippen MR) is 181 cm³/mol. The molecule has 0 radical (unpaired) electrons. The second-order valence-corrected chi connectivity index (χ2v) is 12.7. The van der Waals surface area contributed by atoms with Crippen molar-refractivity contribution in [1.29, 1.82) is 0 Å². The minimum Gasteiger partial charge on any atom is -0.339 e. The summed E-state index contributed by atoms with van der Waals surface area (Å²) < 4.78 is 67.0. The van der Waals surface area contributed by atoms with E-state index < -0.39 is 23.9 Å². The zero-order valence-corrected chi connectivity index (χ0v) is 28.5. The Balaban J connectivity index is 0.000000390. The second kappa shape index (κ2) is 16.0. The summed E-state index contributed by atoms with van der Waals surface area (Å²) in [6.07, 6.45) is -6.47. The van der Waals surface area contributed by atoms with E-state index in [4.69, 9.17) is 11.6 Å². The number of carbonyl (C=O) groups excluding carboxylic acids is 4.